The lowest BCUT2D eigenvalue weighted by molar-refractivity contribution is 0.0945. The molecule has 0 radical (unpaired) electrons. The fourth-order valence-corrected chi connectivity index (χ4v) is 1.25. The van der Waals surface area contributed by atoms with Crippen molar-refractivity contribution in [3.63, 3.8) is 0 Å². The molecule has 1 heterocycles. The zero-order valence-electron chi connectivity index (χ0n) is 6.83. The molecule has 1 amide bonds. The maximum absolute atomic E-state index is 11.4. The third kappa shape index (κ3) is 2.24. The summed E-state index contributed by atoms with van der Waals surface area (Å²) in [6.45, 7) is 0. The van der Waals surface area contributed by atoms with Crippen LogP contribution in [0.1, 0.15) is 23.3 Å². The zero-order valence-corrected chi connectivity index (χ0v) is 8.41. The topological polar surface area (TPSA) is 54.9 Å². The van der Waals surface area contributed by atoms with Crippen molar-refractivity contribution in [1.29, 1.82) is 0 Å². The van der Waals surface area contributed by atoms with Gasteiger partial charge in [-0.25, -0.2) is 4.98 Å². The molecule has 1 saturated carbocycles. The van der Waals surface area contributed by atoms with Crippen LogP contribution in [0.15, 0.2) is 17.0 Å². The number of nitrogens with zero attached hydrogens (tertiary/aromatic N) is 2. The van der Waals surface area contributed by atoms with E-state index in [4.69, 9.17) is 0 Å². The van der Waals surface area contributed by atoms with Gasteiger partial charge in [-0.3, -0.25) is 9.78 Å². The van der Waals surface area contributed by atoms with Gasteiger partial charge in [0.25, 0.3) is 5.91 Å². The highest BCUT2D eigenvalue weighted by Gasteiger charge is 2.24. The lowest BCUT2D eigenvalue weighted by Crippen LogP contribution is -2.26. The molecule has 68 valence electrons. The first-order valence-electron chi connectivity index (χ1n) is 4.04. The van der Waals surface area contributed by atoms with E-state index in [-0.39, 0.29) is 5.91 Å². The van der Waals surface area contributed by atoms with Crippen LogP contribution in [-0.2, 0) is 0 Å². The standard InChI is InChI=1S/C8H8BrN3O/c9-7-4-10-3-6(12-7)8(13)11-5-1-2-5/h3-5H,1-2H2,(H,11,13). The second-order valence-electron chi connectivity index (χ2n) is 2.97. The Balaban J connectivity index is 2.09. The molecule has 0 spiro atoms. The van der Waals surface area contributed by atoms with Crippen molar-refractivity contribution in [2.24, 2.45) is 0 Å². The molecule has 1 N–H and O–H groups in total. The van der Waals surface area contributed by atoms with Crippen molar-refractivity contribution in [3.05, 3.63) is 22.7 Å². The van der Waals surface area contributed by atoms with Crippen LogP contribution in [0.5, 0.6) is 0 Å². The third-order valence-corrected chi connectivity index (χ3v) is 2.13. The highest BCUT2D eigenvalue weighted by molar-refractivity contribution is 9.10. The van der Waals surface area contributed by atoms with Crippen LogP contribution in [0, 0.1) is 0 Å². The molecule has 0 aliphatic heterocycles. The van der Waals surface area contributed by atoms with Gasteiger partial charge in [0, 0.05) is 6.04 Å². The molecule has 0 unspecified atom stereocenters. The van der Waals surface area contributed by atoms with Crippen LogP contribution in [-0.4, -0.2) is 21.9 Å². The minimum absolute atomic E-state index is 0.142. The third-order valence-electron chi connectivity index (χ3n) is 1.75. The summed E-state index contributed by atoms with van der Waals surface area (Å²) in [5.74, 6) is -0.142. The van der Waals surface area contributed by atoms with Crippen molar-refractivity contribution in [1.82, 2.24) is 15.3 Å². The number of nitrogens with one attached hydrogen (secondary N) is 1. The van der Waals surface area contributed by atoms with Crippen molar-refractivity contribution < 1.29 is 4.79 Å². The number of hydrogen-bond donors (Lipinski definition) is 1. The zero-order chi connectivity index (χ0) is 9.26. The highest BCUT2D eigenvalue weighted by atomic mass is 79.9. The summed E-state index contributed by atoms with van der Waals surface area (Å²) in [6, 6.07) is 0.355. The number of rotatable bonds is 2. The molecule has 0 bridgehead atoms. The smallest absolute Gasteiger partial charge is 0.271 e. The maximum Gasteiger partial charge on any atom is 0.271 e. The van der Waals surface area contributed by atoms with Gasteiger partial charge in [-0.1, -0.05) is 0 Å². The number of halogens is 1. The van der Waals surface area contributed by atoms with Gasteiger partial charge in [0.2, 0.25) is 0 Å². The molecule has 4 nitrogen and oxygen atoms in total. The van der Waals surface area contributed by atoms with Gasteiger partial charge in [0.15, 0.2) is 0 Å². The summed E-state index contributed by atoms with van der Waals surface area (Å²) in [5.41, 5.74) is 0.362. The average molecular weight is 242 g/mol. The Bertz CT molecular complexity index is 338. The van der Waals surface area contributed by atoms with Crippen molar-refractivity contribution >= 4 is 21.8 Å². The normalized spacial score (nSPS) is 15.5. The second-order valence-corrected chi connectivity index (χ2v) is 3.79. The molecule has 1 aromatic heterocycles. The maximum atomic E-state index is 11.4. The molecule has 0 aromatic carbocycles. The summed E-state index contributed by atoms with van der Waals surface area (Å²) in [6.07, 6.45) is 5.16. The Morgan fingerprint density at radius 3 is 2.92 bits per heavy atom. The number of amides is 1. The second kappa shape index (κ2) is 3.41. The van der Waals surface area contributed by atoms with Crippen LogP contribution in [0.25, 0.3) is 0 Å². The molecule has 1 aliphatic rings. The Hall–Kier alpha value is -0.970. The van der Waals surface area contributed by atoms with E-state index in [0.29, 0.717) is 16.3 Å². The number of aromatic nitrogens is 2. The van der Waals surface area contributed by atoms with Crippen LogP contribution in [0.4, 0.5) is 0 Å². The lowest BCUT2D eigenvalue weighted by atomic mass is 10.4. The SMILES string of the molecule is O=C(NC1CC1)c1cncc(Br)n1. The van der Waals surface area contributed by atoms with E-state index >= 15 is 0 Å². The Labute approximate surface area is 83.9 Å². The molecule has 1 aliphatic carbocycles. The van der Waals surface area contributed by atoms with Gasteiger partial charge < -0.3 is 5.32 Å². The van der Waals surface area contributed by atoms with E-state index in [9.17, 15) is 4.79 Å². The van der Waals surface area contributed by atoms with Crippen LogP contribution < -0.4 is 5.32 Å². The van der Waals surface area contributed by atoms with Crippen LogP contribution in [0.2, 0.25) is 0 Å². The van der Waals surface area contributed by atoms with Gasteiger partial charge in [-0.05, 0) is 28.8 Å². The Kier molecular flexibility index (Phi) is 2.26. The van der Waals surface area contributed by atoms with E-state index in [1.165, 1.54) is 6.20 Å². The lowest BCUT2D eigenvalue weighted by Gasteiger charge is -2.01. The summed E-state index contributed by atoms with van der Waals surface area (Å²) < 4.78 is 0.580. The summed E-state index contributed by atoms with van der Waals surface area (Å²) in [7, 11) is 0. The van der Waals surface area contributed by atoms with E-state index in [1.54, 1.807) is 6.20 Å². The minimum atomic E-state index is -0.142. The Morgan fingerprint density at radius 1 is 1.54 bits per heavy atom. The average Bonchev–Trinajstić information content (AvgIpc) is 2.88. The van der Waals surface area contributed by atoms with Gasteiger partial charge in [0.05, 0.1) is 12.4 Å². The monoisotopic (exact) mass is 241 g/mol. The molecular weight excluding hydrogens is 234 g/mol. The van der Waals surface area contributed by atoms with Gasteiger partial charge >= 0.3 is 0 Å². The highest BCUT2D eigenvalue weighted by Crippen LogP contribution is 2.19. The summed E-state index contributed by atoms with van der Waals surface area (Å²) in [4.78, 5) is 19.3. The van der Waals surface area contributed by atoms with E-state index in [0.717, 1.165) is 12.8 Å². The fraction of sp³-hybridized carbons (Fsp3) is 0.375. The summed E-state index contributed by atoms with van der Waals surface area (Å²) in [5, 5.41) is 2.84. The molecule has 1 fully saturated rings. The molecule has 5 heteroatoms. The predicted molar refractivity (Wildman–Crippen MR) is 50.2 cm³/mol. The van der Waals surface area contributed by atoms with Gasteiger partial charge in [0.1, 0.15) is 10.3 Å². The number of carbonyl (C=O) groups is 1. The fourth-order valence-electron chi connectivity index (χ4n) is 0.939. The number of hydrogen-bond acceptors (Lipinski definition) is 3. The Morgan fingerprint density at radius 2 is 2.31 bits per heavy atom. The molecule has 0 saturated heterocycles. The van der Waals surface area contributed by atoms with Crippen LogP contribution >= 0.6 is 15.9 Å². The molecule has 0 atom stereocenters. The molecule has 2 rings (SSSR count). The number of carbonyl (C=O) groups excluding carboxylic acids is 1. The van der Waals surface area contributed by atoms with E-state index in [1.807, 2.05) is 0 Å². The minimum Gasteiger partial charge on any atom is -0.348 e. The van der Waals surface area contributed by atoms with Crippen LogP contribution in [0.3, 0.4) is 0 Å². The molecule has 1 aromatic rings. The van der Waals surface area contributed by atoms with E-state index in [2.05, 4.69) is 31.2 Å². The predicted octanol–water partition coefficient (Wildman–Crippen LogP) is 1.13. The molecular formula is C8H8BrN3O. The first-order chi connectivity index (χ1) is 6.25. The van der Waals surface area contributed by atoms with Crippen molar-refractivity contribution in [3.8, 4) is 0 Å². The quantitative estimate of drug-likeness (QED) is 0.845. The van der Waals surface area contributed by atoms with Crippen molar-refractivity contribution in [2.45, 2.75) is 18.9 Å². The van der Waals surface area contributed by atoms with Gasteiger partial charge in [-0.15, -0.1) is 0 Å². The molecule has 13 heavy (non-hydrogen) atoms. The van der Waals surface area contributed by atoms with Crippen molar-refractivity contribution in [2.75, 3.05) is 0 Å². The van der Waals surface area contributed by atoms with Gasteiger partial charge in [-0.2, -0.15) is 0 Å². The summed E-state index contributed by atoms with van der Waals surface area (Å²) >= 11 is 3.16. The largest absolute Gasteiger partial charge is 0.348 e. The van der Waals surface area contributed by atoms with E-state index < -0.39 is 0 Å². The first kappa shape index (κ1) is 8.62. The first-order valence-corrected chi connectivity index (χ1v) is 4.83.